The number of hydrogen-bond acceptors (Lipinski definition) is 5. The number of nitrogens with one attached hydrogen (secondary N) is 1. The molecule has 3 rings (SSSR count). The average Bonchev–Trinajstić information content (AvgIpc) is 2.66. The Labute approximate surface area is 149 Å². The summed E-state index contributed by atoms with van der Waals surface area (Å²) in [4.78, 5) is 13.5. The Morgan fingerprint density at radius 1 is 1.36 bits per heavy atom. The molecule has 1 fully saturated rings. The Kier molecular flexibility index (Phi) is 6.02. The van der Waals surface area contributed by atoms with E-state index in [1.165, 1.54) is 5.56 Å². The number of carbonyl (C=O) groups is 1. The van der Waals surface area contributed by atoms with Crippen LogP contribution >= 0.6 is 0 Å². The van der Waals surface area contributed by atoms with Gasteiger partial charge in [-0.3, -0.25) is 0 Å². The van der Waals surface area contributed by atoms with Crippen molar-refractivity contribution in [1.82, 2.24) is 10.2 Å². The van der Waals surface area contributed by atoms with Crippen molar-refractivity contribution < 1.29 is 19.0 Å². The quantitative estimate of drug-likeness (QED) is 0.886. The monoisotopic (exact) mass is 348 g/mol. The lowest BCUT2D eigenvalue weighted by atomic mass is 9.95. The number of hydrogen-bond donors (Lipinski definition) is 1. The minimum atomic E-state index is -0.186. The molecule has 0 aromatic heterocycles. The molecule has 1 saturated heterocycles. The van der Waals surface area contributed by atoms with Crippen LogP contribution in [0.4, 0.5) is 4.79 Å². The largest absolute Gasteiger partial charge is 0.497 e. The van der Waals surface area contributed by atoms with Gasteiger partial charge in [0.15, 0.2) is 0 Å². The van der Waals surface area contributed by atoms with E-state index in [1.54, 1.807) is 12.0 Å². The Bertz CT molecular complexity index is 585. The summed E-state index contributed by atoms with van der Waals surface area (Å²) in [6.07, 6.45) is 2.78. The predicted octanol–water partition coefficient (Wildman–Crippen LogP) is 2.46. The number of fused-ring (bicyclic) bond motifs is 1. The topological polar surface area (TPSA) is 60.0 Å². The fourth-order valence-corrected chi connectivity index (χ4v) is 3.49. The Morgan fingerprint density at radius 2 is 2.16 bits per heavy atom. The lowest BCUT2D eigenvalue weighted by Gasteiger charge is -2.33. The predicted molar refractivity (Wildman–Crippen MR) is 95.3 cm³/mol. The molecule has 25 heavy (non-hydrogen) atoms. The number of likely N-dealkylation sites (tertiary alicyclic amines) is 1. The van der Waals surface area contributed by atoms with Crippen molar-refractivity contribution in [3.63, 3.8) is 0 Å². The molecule has 0 saturated carbocycles. The fourth-order valence-electron chi connectivity index (χ4n) is 3.49. The van der Waals surface area contributed by atoms with Crippen LogP contribution in [0, 0.1) is 5.92 Å². The zero-order valence-corrected chi connectivity index (χ0v) is 15.1. The lowest BCUT2D eigenvalue weighted by molar-refractivity contribution is 0.0943. The highest BCUT2D eigenvalue weighted by molar-refractivity contribution is 5.67. The number of amides is 1. The van der Waals surface area contributed by atoms with Crippen LogP contribution in [-0.4, -0.2) is 57.0 Å². The summed E-state index contributed by atoms with van der Waals surface area (Å²) in [5.74, 6) is 2.26. The van der Waals surface area contributed by atoms with E-state index in [1.807, 2.05) is 19.1 Å². The first-order valence-electron chi connectivity index (χ1n) is 9.14. The van der Waals surface area contributed by atoms with Gasteiger partial charge in [-0.05, 0) is 37.8 Å². The van der Waals surface area contributed by atoms with Gasteiger partial charge in [0.2, 0.25) is 0 Å². The first-order chi connectivity index (χ1) is 12.2. The molecule has 1 aromatic rings. The van der Waals surface area contributed by atoms with Crippen LogP contribution in [0.2, 0.25) is 0 Å². The molecule has 0 spiro atoms. The number of piperidine rings is 1. The van der Waals surface area contributed by atoms with Gasteiger partial charge < -0.3 is 24.4 Å². The van der Waals surface area contributed by atoms with E-state index in [2.05, 4.69) is 11.4 Å². The second kappa shape index (κ2) is 8.43. The summed E-state index contributed by atoms with van der Waals surface area (Å²) in [5.41, 5.74) is 1.25. The van der Waals surface area contributed by atoms with Crippen LogP contribution in [-0.2, 0) is 11.2 Å². The number of nitrogens with zero attached hydrogens (tertiary/aromatic N) is 1. The van der Waals surface area contributed by atoms with Crippen molar-refractivity contribution in [3.8, 4) is 11.5 Å². The van der Waals surface area contributed by atoms with Crippen molar-refractivity contribution in [1.29, 1.82) is 0 Å². The van der Waals surface area contributed by atoms with E-state index in [4.69, 9.17) is 14.2 Å². The van der Waals surface area contributed by atoms with Gasteiger partial charge in [0, 0.05) is 37.7 Å². The van der Waals surface area contributed by atoms with Gasteiger partial charge in [0.25, 0.3) is 0 Å². The molecule has 1 unspecified atom stereocenters. The number of ether oxygens (including phenoxy) is 3. The molecule has 2 heterocycles. The summed E-state index contributed by atoms with van der Waals surface area (Å²) in [5, 5.41) is 3.65. The van der Waals surface area contributed by atoms with Gasteiger partial charge in [-0.1, -0.05) is 6.07 Å². The molecule has 6 nitrogen and oxygen atoms in total. The summed E-state index contributed by atoms with van der Waals surface area (Å²) in [7, 11) is 1.67. The third-order valence-electron chi connectivity index (χ3n) is 4.97. The average molecular weight is 348 g/mol. The third-order valence-corrected chi connectivity index (χ3v) is 4.97. The number of rotatable bonds is 5. The van der Waals surface area contributed by atoms with Crippen LogP contribution < -0.4 is 14.8 Å². The maximum Gasteiger partial charge on any atom is 0.409 e. The first-order valence-corrected chi connectivity index (χ1v) is 9.14. The van der Waals surface area contributed by atoms with Crippen molar-refractivity contribution in [2.45, 2.75) is 32.2 Å². The molecule has 2 aliphatic rings. The zero-order chi connectivity index (χ0) is 17.6. The van der Waals surface area contributed by atoms with E-state index in [0.717, 1.165) is 57.0 Å². The maximum atomic E-state index is 11.7. The number of benzene rings is 1. The van der Waals surface area contributed by atoms with E-state index in [-0.39, 0.29) is 6.09 Å². The SMILES string of the molecule is CCOC(=O)N1CCC(NCC2COc3cc(OC)ccc3C2)CC1. The van der Waals surface area contributed by atoms with Gasteiger partial charge in [0.1, 0.15) is 11.5 Å². The highest BCUT2D eigenvalue weighted by Crippen LogP contribution is 2.30. The molecule has 138 valence electrons. The van der Waals surface area contributed by atoms with Crippen LogP contribution in [0.1, 0.15) is 25.3 Å². The molecule has 0 bridgehead atoms. The molecule has 0 radical (unpaired) electrons. The molecule has 1 aromatic carbocycles. The van der Waals surface area contributed by atoms with Crippen molar-refractivity contribution >= 4 is 6.09 Å². The summed E-state index contributed by atoms with van der Waals surface area (Å²) < 4.78 is 16.2. The van der Waals surface area contributed by atoms with Crippen molar-refractivity contribution in [2.24, 2.45) is 5.92 Å². The van der Waals surface area contributed by atoms with E-state index < -0.39 is 0 Å². The lowest BCUT2D eigenvalue weighted by Crippen LogP contribution is -2.46. The maximum absolute atomic E-state index is 11.7. The standard InChI is InChI=1S/C19H28N2O4/c1-3-24-19(22)21-8-6-16(7-9-21)20-12-14-10-15-4-5-17(23-2)11-18(15)25-13-14/h4-5,11,14,16,20H,3,6-10,12-13H2,1-2H3. The first kappa shape index (κ1) is 17.9. The molecule has 1 amide bonds. The molecule has 6 heteroatoms. The van der Waals surface area contributed by atoms with Crippen LogP contribution in [0.5, 0.6) is 11.5 Å². The zero-order valence-electron chi connectivity index (χ0n) is 15.1. The second-order valence-electron chi connectivity index (χ2n) is 6.72. The molecule has 1 atom stereocenters. The summed E-state index contributed by atoms with van der Waals surface area (Å²) in [6, 6.07) is 6.51. The van der Waals surface area contributed by atoms with E-state index in [0.29, 0.717) is 18.6 Å². The second-order valence-corrected chi connectivity index (χ2v) is 6.72. The number of carbonyl (C=O) groups excluding carboxylic acids is 1. The van der Waals surface area contributed by atoms with Crippen LogP contribution in [0.3, 0.4) is 0 Å². The molecule has 0 aliphatic carbocycles. The molecule has 2 aliphatic heterocycles. The van der Waals surface area contributed by atoms with E-state index >= 15 is 0 Å². The molecular formula is C19H28N2O4. The minimum Gasteiger partial charge on any atom is -0.497 e. The summed E-state index contributed by atoms with van der Waals surface area (Å²) >= 11 is 0. The summed E-state index contributed by atoms with van der Waals surface area (Å²) in [6.45, 7) is 5.48. The highest BCUT2D eigenvalue weighted by atomic mass is 16.6. The van der Waals surface area contributed by atoms with Gasteiger partial charge >= 0.3 is 6.09 Å². The van der Waals surface area contributed by atoms with Gasteiger partial charge in [-0.2, -0.15) is 0 Å². The van der Waals surface area contributed by atoms with Crippen LogP contribution in [0.25, 0.3) is 0 Å². The van der Waals surface area contributed by atoms with Gasteiger partial charge in [-0.25, -0.2) is 4.79 Å². The number of methoxy groups -OCH3 is 1. The molecule has 1 N–H and O–H groups in total. The Morgan fingerprint density at radius 3 is 2.88 bits per heavy atom. The van der Waals surface area contributed by atoms with Gasteiger partial charge in [0.05, 0.1) is 20.3 Å². The smallest absolute Gasteiger partial charge is 0.409 e. The van der Waals surface area contributed by atoms with Crippen molar-refractivity contribution in [3.05, 3.63) is 23.8 Å². The van der Waals surface area contributed by atoms with E-state index in [9.17, 15) is 4.79 Å². The Balaban J connectivity index is 1.42. The minimum absolute atomic E-state index is 0.186. The van der Waals surface area contributed by atoms with Crippen molar-refractivity contribution in [2.75, 3.05) is 40.0 Å². The normalized spacial score (nSPS) is 20.6. The third kappa shape index (κ3) is 4.57. The highest BCUT2D eigenvalue weighted by Gasteiger charge is 2.25. The molecular weight excluding hydrogens is 320 g/mol. The van der Waals surface area contributed by atoms with Gasteiger partial charge in [-0.15, -0.1) is 0 Å². The fraction of sp³-hybridized carbons (Fsp3) is 0.632. The Hall–Kier alpha value is -1.95. The van der Waals surface area contributed by atoms with Crippen LogP contribution in [0.15, 0.2) is 18.2 Å².